The van der Waals surface area contributed by atoms with E-state index in [4.69, 9.17) is 10.00 Å². The number of ether oxygens (including phenoxy) is 1. The Morgan fingerprint density at radius 3 is 2.34 bits per heavy atom. The molecule has 1 amide bonds. The largest absolute Gasteiger partial charge is 0.484 e. The molecule has 0 fully saturated rings. The molecule has 0 aliphatic rings. The van der Waals surface area contributed by atoms with Crippen molar-refractivity contribution in [3.8, 4) is 11.8 Å². The van der Waals surface area contributed by atoms with Crippen LogP contribution in [0.3, 0.4) is 0 Å². The normalized spacial score (nSPS) is 10.2. The summed E-state index contributed by atoms with van der Waals surface area (Å²) >= 11 is 0. The second kappa shape index (κ2) is 9.52. The first-order chi connectivity index (χ1) is 14.0. The molecule has 3 aromatic rings. The first-order valence-electron chi connectivity index (χ1n) is 9.24. The van der Waals surface area contributed by atoms with Crippen LogP contribution in [0.15, 0.2) is 72.8 Å². The van der Waals surface area contributed by atoms with Gasteiger partial charge in [0.25, 0.3) is 5.91 Å². The van der Waals surface area contributed by atoms with Crippen molar-refractivity contribution in [3.63, 3.8) is 0 Å². The van der Waals surface area contributed by atoms with Gasteiger partial charge in [-0.15, -0.1) is 0 Å². The van der Waals surface area contributed by atoms with Gasteiger partial charge in [0.1, 0.15) is 11.6 Å². The maximum atomic E-state index is 13.6. The smallest absolute Gasteiger partial charge is 0.261 e. The van der Waals surface area contributed by atoms with E-state index in [1.807, 2.05) is 43.3 Å². The lowest BCUT2D eigenvalue weighted by molar-refractivity contribution is -0.134. The fraction of sp³-hybridized carbons (Fsp3) is 0.167. The Morgan fingerprint density at radius 2 is 1.69 bits per heavy atom. The molecule has 0 unspecified atom stereocenters. The highest BCUT2D eigenvalue weighted by Gasteiger charge is 2.16. The van der Waals surface area contributed by atoms with E-state index in [1.165, 1.54) is 12.1 Å². The van der Waals surface area contributed by atoms with Gasteiger partial charge in [-0.05, 0) is 54.4 Å². The number of benzene rings is 3. The zero-order valence-corrected chi connectivity index (χ0v) is 16.1. The molecule has 0 saturated heterocycles. The van der Waals surface area contributed by atoms with E-state index < -0.39 is 0 Å². The first kappa shape index (κ1) is 20.1. The molecular formula is C24H21FN2O2. The summed E-state index contributed by atoms with van der Waals surface area (Å²) in [6, 6.07) is 22.8. The summed E-state index contributed by atoms with van der Waals surface area (Å²) in [5.74, 6) is 0.0661. The molecule has 0 spiro atoms. The zero-order chi connectivity index (χ0) is 20.6. The Hall–Kier alpha value is -3.65. The van der Waals surface area contributed by atoms with E-state index in [2.05, 4.69) is 6.07 Å². The summed E-state index contributed by atoms with van der Waals surface area (Å²) < 4.78 is 19.2. The Labute approximate surface area is 169 Å². The minimum absolute atomic E-state index is 0.116. The third kappa shape index (κ3) is 5.91. The summed E-state index contributed by atoms with van der Waals surface area (Å²) in [5.41, 5.74) is 3.24. The number of nitrogens with zero attached hydrogens (tertiary/aromatic N) is 2. The number of aryl methyl sites for hydroxylation is 1. The zero-order valence-electron chi connectivity index (χ0n) is 16.1. The van der Waals surface area contributed by atoms with Crippen LogP contribution in [0.1, 0.15) is 22.3 Å². The van der Waals surface area contributed by atoms with Crippen LogP contribution < -0.4 is 4.74 Å². The van der Waals surface area contributed by atoms with Crippen LogP contribution in [0.5, 0.6) is 5.75 Å². The molecule has 3 aromatic carbocycles. The molecule has 0 bridgehead atoms. The molecule has 0 radical (unpaired) electrons. The summed E-state index contributed by atoms with van der Waals surface area (Å²) in [6.07, 6.45) is 0. The Morgan fingerprint density at radius 1 is 1.00 bits per heavy atom. The maximum absolute atomic E-state index is 13.6. The molecule has 0 aromatic heterocycles. The predicted octanol–water partition coefficient (Wildman–Crippen LogP) is 4.61. The predicted molar refractivity (Wildman–Crippen MR) is 108 cm³/mol. The molecule has 29 heavy (non-hydrogen) atoms. The van der Waals surface area contributed by atoms with E-state index in [-0.39, 0.29) is 24.9 Å². The molecule has 5 heteroatoms. The van der Waals surface area contributed by atoms with Crippen LogP contribution in [0.2, 0.25) is 0 Å². The monoisotopic (exact) mass is 388 g/mol. The number of carbonyl (C=O) groups is 1. The van der Waals surface area contributed by atoms with Gasteiger partial charge in [0, 0.05) is 13.1 Å². The number of hydrogen-bond donors (Lipinski definition) is 0. The van der Waals surface area contributed by atoms with Gasteiger partial charge in [-0.2, -0.15) is 5.26 Å². The molecule has 3 rings (SSSR count). The van der Waals surface area contributed by atoms with Crippen LogP contribution in [-0.4, -0.2) is 17.4 Å². The lowest BCUT2D eigenvalue weighted by Gasteiger charge is -2.23. The van der Waals surface area contributed by atoms with Crippen molar-refractivity contribution in [1.82, 2.24) is 4.90 Å². The maximum Gasteiger partial charge on any atom is 0.261 e. The minimum atomic E-state index is -0.343. The molecule has 146 valence electrons. The summed E-state index contributed by atoms with van der Waals surface area (Å²) in [5, 5.41) is 8.95. The van der Waals surface area contributed by atoms with E-state index in [0.717, 1.165) is 11.1 Å². The van der Waals surface area contributed by atoms with Gasteiger partial charge in [0.05, 0.1) is 11.6 Å². The fourth-order valence-electron chi connectivity index (χ4n) is 2.86. The van der Waals surface area contributed by atoms with Crippen LogP contribution in [0.25, 0.3) is 0 Å². The van der Waals surface area contributed by atoms with Crippen LogP contribution in [0, 0.1) is 24.1 Å². The van der Waals surface area contributed by atoms with Gasteiger partial charge in [-0.1, -0.05) is 42.0 Å². The van der Waals surface area contributed by atoms with Crippen molar-refractivity contribution < 1.29 is 13.9 Å². The molecule has 4 nitrogen and oxygen atoms in total. The summed E-state index contributed by atoms with van der Waals surface area (Å²) in [7, 11) is 0. The van der Waals surface area contributed by atoms with Gasteiger partial charge < -0.3 is 9.64 Å². The standard InChI is InChI=1S/C24H21FN2O2/c1-18-5-11-23(12-6-18)29-17-24(28)27(16-21-3-2-4-22(25)13-21)15-20-9-7-19(14-26)8-10-20/h2-13H,15-17H2,1H3. The van der Waals surface area contributed by atoms with Gasteiger partial charge in [0.2, 0.25) is 0 Å². The van der Waals surface area contributed by atoms with E-state index >= 15 is 0 Å². The number of halogens is 1. The Kier molecular flexibility index (Phi) is 6.59. The van der Waals surface area contributed by atoms with Crippen molar-refractivity contribution in [2.45, 2.75) is 20.0 Å². The van der Waals surface area contributed by atoms with Crippen molar-refractivity contribution >= 4 is 5.91 Å². The number of amides is 1. The van der Waals surface area contributed by atoms with E-state index in [0.29, 0.717) is 23.4 Å². The van der Waals surface area contributed by atoms with Gasteiger partial charge in [-0.3, -0.25) is 4.79 Å². The van der Waals surface area contributed by atoms with Crippen molar-refractivity contribution in [2.24, 2.45) is 0 Å². The highest BCUT2D eigenvalue weighted by Crippen LogP contribution is 2.15. The summed E-state index contributed by atoms with van der Waals surface area (Å²) in [4.78, 5) is 14.5. The van der Waals surface area contributed by atoms with Gasteiger partial charge in [0.15, 0.2) is 6.61 Å². The molecule has 0 saturated carbocycles. The minimum Gasteiger partial charge on any atom is -0.484 e. The van der Waals surface area contributed by atoms with Crippen LogP contribution in [0.4, 0.5) is 4.39 Å². The lowest BCUT2D eigenvalue weighted by Crippen LogP contribution is -2.34. The molecule has 0 aliphatic carbocycles. The number of hydrogen-bond acceptors (Lipinski definition) is 3. The van der Waals surface area contributed by atoms with Crippen LogP contribution in [-0.2, 0) is 17.9 Å². The summed E-state index contributed by atoms with van der Waals surface area (Å²) in [6.45, 7) is 2.45. The van der Waals surface area contributed by atoms with Gasteiger partial charge in [-0.25, -0.2) is 4.39 Å². The lowest BCUT2D eigenvalue weighted by atomic mass is 10.1. The highest BCUT2D eigenvalue weighted by atomic mass is 19.1. The topological polar surface area (TPSA) is 53.3 Å². The van der Waals surface area contributed by atoms with Crippen molar-refractivity contribution in [3.05, 3.63) is 101 Å². The second-order valence-electron chi connectivity index (χ2n) is 6.79. The highest BCUT2D eigenvalue weighted by molar-refractivity contribution is 5.77. The number of carbonyl (C=O) groups excluding carboxylic acids is 1. The molecule has 0 aliphatic heterocycles. The average molecular weight is 388 g/mol. The Balaban J connectivity index is 1.73. The first-order valence-corrected chi connectivity index (χ1v) is 9.24. The quantitative estimate of drug-likeness (QED) is 0.594. The fourth-order valence-corrected chi connectivity index (χ4v) is 2.86. The SMILES string of the molecule is Cc1ccc(OCC(=O)N(Cc2ccc(C#N)cc2)Cc2cccc(F)c2)cc1. The number of rotatable bonds is 7. The Bertz CT molecular complexity index is 1010. The van der Waals surface area contributed by atoms with Gasteiger partial charge >= 0.3 is 0 Å². The third-order valence-electron chi connectivity index (χ3n) is 4.45. The van der Waals surface area contributed by atoms with Crippen molar-refractivity contribution in [2.75, 3.05) is 6.61 Å². The van der Waals surface area contributed by atoms with E-state index in [1.54, 1.807) is 29.2 Å². The molecule has 0 atom stereocenters. The molecule has 0 N–H and O–H groups in total. The molecular weight excluding hydrogens is 367 g/mol. The van der Waals surface area contributed by atoms with Crippen molar-refractivity contribution in [1.29, 1.82) is 5.26 Å². The third-order valence-corrected chi connectivity index (χ3v) is 4.45. The average Bonchev–Trinajstić information content (AvgIpc) is 2.73. The number of nitriles is 1. The van der Waals surface area contributed by atoms with Crippen LogP contribution >= 0.6 is 0 Å². The second-order valence-corrected chi connectivity index (χ2v) is 6.79. The van der Waals surface area contributed by atoms with E-state index in [9.17, 15) is 9.18 Å². The molecule has 0 heterocycles.